The Labute approximate surface area is 171 Å². The van der Waals surface area contributed by atoms with Crippen molar-refractivity contribution in [2.75, 3.05) is 19.5 Å². The monoisotopic (exact) mass is 424 g/mol. The highest BCUT2D eigenvalue weighted by atomic mass is 35.5. The Kier molecular flexibility index (Phi) is 5.85. The summed E-state index contributed by atoms with van der Waals surface area (Å²) < 4.78 is 16.6. The van der Waals surface area contributed by atoms with Crippen LogP contribution < -0.4 is 10.1 Å². The molecule has 0 amide bonds. The van der Waals surface area contributed by atoms with Crippen LogP contribution in [0.3, 0.4) is 0 Å². The summed E-state index contributed by atoms with van der Waals surface area (Å²) in [6.07, 6.45) is -2.22. The molecule has 0 saturated heterocycles. The third kappa shape index (κ3) is 3.82. The largest absolute Gasteiger partial charge is 0.506 e. The lowest BCUT2D eigenvalue weighted by Crippen LogP contribution is -2.60. The van der Waals surface area contributed by atoms with E-state index in [1.165, 1.54) is 50.6 Å². The molecule has 0 unspecified atom stereocenters. The molecule has 3 N–H and O–H groups in total. The maximum Gasteiger partial charge on any atom is 0.270 e. The summed E-state index contributed by atoms with van der Waals surface area (Å²) in [4.78, 5) is 10.7. The number of hydrogen-bond donors (Lipinski definition) is 3. The number of phenolic OH excluding ortho intramolecular Hbond substituents is 1. The third-order valence-electron chi connectivity index (χ3n) is 4.94. The number of nitrogens with zero attached hydrogens (tertiary/aromatic N) is 1. The van der Waals surface area contributed by atoms with Gasteiger partial charge in [-0.2, -0.15) is 0 Å². The minimum Gasteiger partial charge on any atom is -0.506 e. The number of phenols is 1. The van der Waals surface area contributed by atoms with Crippen LogP contribution in [0, 0.1) is 10.1 Å². The van der Waals surface area contributed by atoms with Gasteiger partial charge in [-0.25, -0.2) is 0 Å². The quantitative estimate of drug-likeness (QED) is 0.279. The molecule has 156 valence electrons. The second-order valence-corrected chi connectivity index (χ2v) is 7.23. The van der Waals surface area contributed by atoms with Gasteiger partial charge in [-0.05, 0) is 31.2 Å². The first-order valence-corrected chi connectivity index (χ1v) is 9.05. The van der Waals surface area contributed by atoms with Crippen LogP contribution in [-0.2, 0) is 9.47 Å². The van der Waals surface area contributed by atoms with Gasteiger partial charge >= 0.3 is 0 Å². The number of nitro groups is 1. The number of hydrogen-bond acceptors (Lipinski definition) is 8. The molecule has 0 aromatic heterocycles. The highest BCUT2D eigenvalue weighted by Crippen LogP contribution is 2.45. The Morgan fingerprint density at radius 1 is 1.28 bits per heavy atom. The number of aliphatic hydroxyl groups excluding tert-OH is 1. The Bertz CT molecular complexity index is 921. The van der Waals surface area contributed by atoms with E-state index in [9.17, 15) is 20.3 Å². The highest BCUT2D eigenvalue weighted by molar-refractivity contribution is 6.30. The van der Waals surface area contributed by atoms with Gasteiger partial charge in [0.15, 0.2) is 11.9 Å². The first-order valence-electron chi connectivity index (χ1n) is 8.67. The molecule has 0 aliphatic carbocycles. The normalized spacial score (nSPS) is 23.4. The van der Waals surface area contributed by atoms with Crippen molar-refractivity contribution in [3.8, 4) is 11.5 Å². The summed E-state index contributed by atoms with van der Waals surface area (Å²) in [5.41, 5.74) is -0.942. The Balaban J connectivity index is 2.13. The van der Waals surface area contributed by atoms with Crippen LogP contribution in [0.5, 0.6) is 11.5 Å². The SMILES string of the molecule is COC(OC)[C@]1(C)Oc2ccc([N+](=O)[O-])cc2[C@H](Nc2cc(Cl)ccc2O)[C@H]1O. The second-order valence-electron chi connectivity index (χ2n) is 6.80. The zero-order valence-electron chi connectivity index (χ0n) is 16.0. The van der Waals surface area contributed by atoms with E-state index in [-0.39, 0.29) is 17.1 Å². The van der Waals surface area contributed by atoms with E-state index in [2.05, 4.69) is 5.32 Å². The van der Waals surface area contributed by atoms with Gasteiger partial charge in [0, 0.05) is 36.9 Å². The maximum absolute atomic E-state index is 11.2. The van der Waals surface area contributed by atoms with Crippen molar-refractivity contribution in [1.29, 1.82) is 0 Å². The highest BCUT2D eigenvalue weighted by Gasteiger charge is 2.52. The van der Waals surface area contributed by atoms with Gasteiger partial charge in [0.25, 0.3) is 5.69 Å². The molecule has 29 heavy (non-hydrogen) atoms. The zero-order chi connectivity index (χ0) is 21.3. The number of benzene rings is 2. The molecule has 10 heteroatoms. The summed E-state index contributed by atoms with van der Waals surface area (Å²) in [6, 6.07) is 7.56. The number of halogens is 1. The maximum atomic E-state index is 11.2. The van der Waals surface area contributed by atoms with Crippen molar-refractivity contribution in [2.24, 2.45) is 0 Å². The standard InChI is InChI=1S/C19H21ClN2O7/c1-19(18(27-2)28-3)17(24)16(21-13-8-10(20)4-6-14(13)23)12-9-11(22(25)26)5-7-15(12)29-19/h4-9,16-18,21,23-24H,1-3H3/t16-,17+,19+/m0/s1. The van der Waals surface area contributed by atoms with Crippen molar-refractivity contribution in [3.63, 3.8) is 0 Å². The molecule has 0 radical (unpaired) electrons. The van der Waals surface area contributed by atoms with E-state index < -0.39 is 29.0 Å². The predicted octanol–water partition coefficient (Wildman–Crippen LogP) is 3.24. The van der Waals surface area contributed by atoms with E-state index in [0.29, 0.717) is 16.3 Å². The molecule has 0 spiro atoms. The molecule has 2 aromatic rings. The number of ether oxygens (including phenoxy) is 3. The lowest BCUT2D eigenvalue weighted by Gasteiger charge is -2.46. The first kappa shape index (κ1) is 21.1. The summed E-state index contributed by atoms with van der Waals surface area (Å²) in [5.74, 6) is 0.207. The van der Waals surface area contributed by atoms with Gasteiger partial charge in [0.05, 0.1) is 16.7 Å². The van der Waals surface area contributed by atoms with Gasteiger partial charge < -0.3 is 29.7 Å². The van der Waals surface area contributed by atoms with Gasteiger partial charge in [-0.1, -0.05) is 11.6 Å². The number of methoxy groups -OCH3 is 2. The molecule has 1 aliphatic heterocycles. The van der Waals surface area contributed by atoms with Gasteiger partial charge in [-0.3, -0.25) is 10.1 Å². The van der Waals surface area contributed by atoms with Crippen molar-refractivity contribution in [1.82, 2.24) is 0 Å². The number of anilines is 1. The molecule has 3 atom stereocenters. The van der Waals surface area contributed by atoms with E-state index in [4.69, 9.17) is 25.8 Å². The molecule has 0 fully saturated rings. The van der Waals surface area contributed by atoms with Crippen molar-refractivity contribution >= 4 is 23.0 Å². The van der Waals surface area contributed by atoms with Crippen LogP contribution >= 0.6 is 11.6 Å². The fourth-order valence-electron chi connectivity index (χ4n) is 3.48. The first-order chi connectivity index (χ1) is 13.7. The van der Waals surface area contributed by atoms with E-state index >= 15 is 0 Å². The van der Waals surface area contributed by atoms with Gasteiger partial charge in [0.1, 0.15) is 17.6 Å². The van der Waals surface area contributed by atoms with Crippen molar-refractivity contribution < 1.29 is 29.3 Å². The summed E-state index contributed by atoms with van der Waals surface area (Å²) >= 11 is 6.02. The Morgan fingerprint density at radius 3 is 2.59 bits per heavy atom. The molecular weight excluding hydrogens is 404 g/mol. The summed E-state index contributed by atoms with van der Waals surface area (Å²) in [6.45, 7) is 1.60. The number of rotatable bonds is 6. The Morgan fingerprint density at radius 2 is 1.97 bits per heavy atom. The average molecular weight is 425 g/mol. The van der Waals surface area contributed by atoms with E-state index in [1.807, 2.05) is 0 Å². The second kappa shape index (κ2) is 8.03. The lowest BCUT2D eigenvalue weighted by molar-refractivity contribution is -0.385. The van der Waals surface area contributed by atoms with Crippen molar-refractivity contribution in [2.45, 2.75) is 31.0 Å². The van der Waals surface area contributed by atoms with E-state index in [0.717, 1.165) is 0 Å². The van der Waals surface area contributed by atoms with Crippen LogP contribution in [0.4, 0.5) is 11.4 Å². The minimum absolute atomic E-state index is 0.100. The smallest absolute Gasteiger partial charge is 0.270 e. The zero-order valence-corrected chi connectivity index (χ0v) is 16.7. The van der Waals surface area contributed by atoms with E-state index in [1.54, 1.807) is 6.92 Å². The summed E-state index contributed by atoms with van der Waals surface area (Å²) in [7, 11) is 2.82. The number of non-ortho nitro benzene ring substituents is 1. The molecule has 2 aromatic carbocycles. The number of nitro benzene ring substituents is 1. The number of aliphatic hydroxyl groups is 1. The van der Waals surface area contributed by atoms with Crippen LogP contribution in [-0.4, -0.2) is 47.4 Å². The molecule has 9 nitrogen and oxygen atoms in total. The van der Waals surface area contributed by atoms with Crippen LogP contribution in [0.1, 0.15) is 18.5 Å². The van der Waals surface area contributed by atoms with Crippen LogP contribution in [0.25, 0.3) is 0 Å². The molecule has 3 rings (SSSR count). The van der Waals surface area contributed by atoms with Crippen molar-refractivity contribution in [3.05, 3.63) is 57.1 Å². The predicted molar refractivity (Wildman–Crippen MR) is 105 cm³/mol. The molecular formula is C19H21ClN2O7. The minimum atomic E-state index is -1.36. The topological polar surface area (TPSA) is 123 Å². The summed E-state index contributed by atoms with van der Waals surface area (Å²) in [5, 5.41) is 36.0. The van der Waals surface area contributed by atoms with Crippen LogP contribution in [0.15, 0.2) is 36.4 Å². The average Bonchev–Trinajstić information content (AvgIpc) is 2.68. The third-order valence-corrected chi connectivity index (χ3v) is 5.17. The fraction of sp³-hybridized carbons (Fsp3) is 0.368. The fourth-order valence-corrected chi connectivity index (χ4v) is 3.66. The molecule has 1 heterocycles. The molecule has 1 aliphatic rings. The van der Waals surface area contributed by atoms with Gasteiger partial charge in [0.2, 0.25) is 0 Å². The van der Waals surface area contributed by atoms with Gasteiger partial charge in [-0.15, -0.1) is 0 Å². The number of nitrogens with one attached hydrogen (secondary N) is 1. The lowest BCUT2D eigenvalue weighted by atomic mass is 9.84. The molecule has 0 saturated carbocycles. The number of aromatic hydroxyl groups is 1. The molecule has 0 bridgehead atoms. The number of fused-ring (bicyclic) bond motifs is 1. The van der Waals surface area contributed by atoms with Crippen LogP contribution in [0.2, 0.25) is 5.02 Å². The Hall–Kier alpha value is -2.59.